The van der Waals surface area contributed by atoms with E-state index in [2.05, 4.69) is 10.1 Å². The van der Waals surface area contributed by atoms with Crippen LogP contribution >= 0.6 is 11.3 Å². The number of rotatable bonds is 4. The van der Waals surface area contributed by atoms with Crippen LogP contribution in [0.1, 0.15) is 47.3 Å². The molecule has 0 spiro atoms. The average Bonchev–Trinajstić information content (AvgIpc) is 3.27. The Morgan fingerprint density at radius 2 is 2.35 bits per heavy atom. The molecule has 1 aliphatic heterocycles. The summed E-state index contributed by atoms with van der Waals surface area (Å²) in [5.74, 6) is 0.180. The molecule has 1 fully saturated rings. The van der Waals surface area contributed by atoms with Gasteiger partial charge in [-0.3, -0.25) is 4.79 Å². The maximum Gasteiger partial charge on any atom is 0.329 e. The normalized spacial score (nSPS) is 18.9. The summed E-state index contributed by atoms with van der Waals surface area (Å²) in [7, 11) is 0. The minimum Gasteiger partial charge on any atom is -0.451 e. The molecule has 1 saturated heterocycles. The van der Waals surface area contributed by atoms with E-state index in [4.69, 9.17) is 9.26 Å². The summed E-state index contributed by atoms with van der Waals surface area (Å²) in [5.41, 5.74) is 0. The van der Waals surface area contributed by atoms with Gasteiger partial charge in [0.25, 0.3) is 11.8 Å². The number of carbonyl (C=O) groups is 2. The maximum atomic E-state index is 12.5. The molecule has 1 amide bonds. The molecule has 3 heterocycles. The first-order valence-electron chi connectivity index (χ1n) is 7.41. The third kappa shape index (κ3) is 3.26. The number of aryl methyl sites for hydroxylation is 1. The van der Waals surface area contributed by atoms with Gasteiger partial charge < -0.3 is 14.2 Å². The predicted molar refractivity (Wildman–Crippen MR) is 81.9 cm³/mol. The molecular formula is C15H17N3O4S. The third-order valence-corrected chi connectivity index (χ3v) is 4.56. The summed E-state index contributed by atoms with van der Waals surface area (Å²) in [6.45, 7) is 3.93. The zero-order valence-corrected chi connectivity index (χ0v) is 13.7. The first kappa shape index (κ1) is 15.7. The molecule has 0 bridgehead atoms. The molecule has 0 unspecified atom stereocenters. The van der Waals surface area contributed by atoms with Gasteiger partial charge in [0.15, 0.2) is 11.9 Å². The van der Waals surface area contributed by atoms with Crippen LogP contribution in [0.5, 0.6) is 0 Å². The average molecular weight is 335 g/mol. The van der Waals surface area contributed by atoms with Crippen molar-refractivity contribution in [2.45, 2.75) is 38.8 Å². The first-order valence-corrected chi connectivity index (χ1v) is 8.29. The summed E-state index contributed by atoms with van der Waals surface area (Å²) < 4.78 is 10.4. The van der Waals surface area contributed by atoms with E-state index in [1.165, 1.54) is 11.3 Å². The van der Waals surface area contributed by atoms with Crippen LogP contribution in [0.2, 0.25) is 0 Å². The van der Waals surface area contributed by atoms with Crippen molar-refractivity contribution in [3.05, 3.63) is 34.1 Å². The van der Waals surface area contributed by atoms with Crippen molar-refractivity contribution < 1.29 is 18.8 Å². The van der Waals surface area contributed by atoms with Gasteiger partial charge in [-0.1, -0.05) is 11.2 Å². The lowest BCUT2D eigenvalue weighted by atomic mass is 10.2. The number of hydrogen-bond acceptors (Lipinski definition) is 7. The number of nitrogens with zero attached hydrogens (tertiary/aromatic N) is 3. The lowest BCUT2D eigenvalue weighted by Crippen LogP contribution is -2.41. The van der Waals surface area contributed by atoms with Crippen molar-refractivity contribution >= 4 is 23.2 Å². The van der Waals surface area contributed by atoms with Crippen molar-refractivity contribution in [2.24, 2.45) is 0 Å². The topological polar surface area (TPSA) is 85.5 Å². The second-order valence-electron chi connectivity index (χ2n) is 5.39. The first-order chi connectivity index (χ1) is 11.1. The van der Waals surface area contributed by atoms with E-state index in [0.717, 1.165) is 6.42 Å². The van der Waals surface area contributed by atoms with Gasteiger partial charge in [0.1, 0.15) is 6.04 Å². The molecule has 0 radical (unpaired) electrons. The van der Waals surface area contributed by atoms with Crippen molar-refractivity contribution in [1.29, 1.82) is 0 Å². The highest BCUT2D eigenvalue weighted by Crippen LogP contribution is 2.25. The largest absolute Gasteiger partial charge is 0.451 e. The van der Waals surface area contributed by atoms with Crippen LogP contribution in [0.4, 0.5) is 0 Å². The minimum absolute atomic E-state index is 0.124. The Morgan fingerprint density at radius 3 is 3.00 bits per heavy atom. The molecule has 122 valence electrons. The number of carbonyl (C=O) groups excluding carboxylic acids is 2. The van der Waals surface area contributed by atoms with E-state index in [1.807, 2.05) is 11.4 Å². The van der Waals surface area contributed by atoms with Crippen LogP contribution < -0.4 is 0 Å². The number of aromatic nitrogens is 2. The Bertz CT molecular complexity index is 697. The van der Waals surface area contributed by atoms with Crippen LogP contribution in [0, 0.1) is 6.92 Å². The highest BCUT2D eigenvalue weighted by molar-refractivity contribution is 7.12. The molecule has 23 heavy (non-hydrogen) atoms. The van der Waals surface area contributed by atoms with E-state index in [1.54, 1.807) is 24.8 Å². The molecule has 0 saturated carbocycles. The van der Waals surface area contributed by atoms with E-state index >= 15 is 0 Å². The van der Waals surface area contributed by atoms with Gasteiger partial charge in [-0.2, -0.15) is 4.98 Å². The highest BCUT2D eigenvalue weighted by atomic mass is 32.1. The lowest BCUT2D eigenvalue weighted by Gasteiger charge is -2.23. The van der Waals surface area contributed by atoms with Gasteiger partial charge in [0.2, 0.25) is 0 Å². The van der Waals surface area contributed by atoms with E-state index in [9.17, 15) is 9.59 Å². The molecule has 2 atom stereocenters. The Morgan fingerprint density at radius 1 is 1.52 bits per heavy atom. The van der Waals surface area contributed by atoms with E-state index in [-0.39, 0.29) is 11.8 Å². The van der Waals surface area contributed by atoms with Crippen LogP contribution in [0.25, 0.3) is 0 Å². The number of likely N-dealkylation sites (tertiary alicyclic amines) is 1. The van der Waals surface area contributed by atoms with Crippen molar-refractivity contribution in [2.75, 3.05) is 6.54 Å². The number of amides is 1. The smallest absolute Gasteiger partial charge is 0.329 e. The van der Waals surface area contributed by atoms with Gasteiger partial charge in [-0.25, -0.2) is 4.79 Å². The summed E-state index contributed by atoms with van der Waals surface area (Å²) >= 11 is 1.37. The van der Waals surface area contributed by atoms with E-state index in [0.29, 0.717) is 23.7 Å². The fraction of sp³-hybridized carbons (Fsp3) is 0.467. The Hall–Kier alpha value is -2.22. The molecule has 3 rings (SSSR count). The molecule has 0 aromatic carbocycles. The van der Waals surface area contributed by atoms with Gasteiger partial charge >= 0.3 is 5.97 Å². The van der Waals surface area contributed by atoms with Crippen LogP contribution in [0.15, 0.2) is 22.0 Å². The molecule has 2 aromatic rings. The molecular weight excluding hydrogens is 318 g/mol. The zero-order valence-electron chi connectivity index (χ0n) is 12.9. The van der Waals surface area contributed by atoms with Crippen molar-refractivity contribution in [3.8, 4) is 0 Å². The second-order valence-corrected chi connectivity index (χ2v) is 6.34. The monoisotopic (exact) mass is 335 g/mol. The van der Waals surface area contributed by atoms with Gasteiger partial charge in [0, 0.05) is 6.54 Å². The quantitative estimate of drug-likeness (QED) is 0.797. The standard InChI is InChI=1S/C15H17N3O4S/c1-9(13-16-10(2)17-22-13)21-15(20)11-5-3-7-18(11)14(19)12-6-4-8-23-12/h4,6,8-9,11H,3,5,7H2,1-2H3/t9-,11+/m1/s1. The summed E-state index contributed by atoms with van der Waals surface area (Å²) in [4.78, 5) is 31.2. The second kappa shape index (κ2) is 6.49. The number of thiophene rings is 1. The molecule has 7 nitrogen and oxygen atoms in total. The van der Waals surface area contributed by atoms with Gasteiger partial charge in [-0.15, -0.1) is 11.3 Å². The van der Waals surface area contributed by atoms with Gasteiger partial charge in [0.05, 0.1) is 4.88 Å². The number of hydrogen-bond donors (Lipinski definition) is 0. The Balaban J connectivity index is 1.67. The summed E-state index contributed by atoms with van der Waals surface area (Å²) in [5, 5.41) is 5.52. The van der Waals surface area contributed by atoms with Gasteiger partial charge in [-0.05, 0) is 38.1 Å². The van der Waals surface area contributed by atoms with Crippen LogP contribution in [0.3, 0.4) is 0 Å². The predicted octanol–water partition coefficient (Wildman–Crippen LogP) is 2.35. The van der Waals surface area contributed by atoms with Crippen LogP contribution in [-0.4, -0.2) is 39.5 Å². The highest BCUT2D eigenvalue weighted by Gasteiger charge is 2.37. The van der Waals surface area contributed by atoms with Crippen molar-refractivity contribution in [1.82, 2.24) is 15.0 Å². The molecule has 0 aliphatic carbocycles. The zero-order chi connectivity index (χ0) is 16.4. The lowest BCUT2D eigenvalue weighted by molar-refractivity contribution is -0.154. The van der Waals surface area contributed by atoms with Crippen molar-refractivity contribution in [3.63, 3.8) is 0 Å². The molecule has 1 aliphatic rings. The maximum absolute atomic E-state index is 12.5. The Kier molecular flexibility index (Phi) is 4.42. The summed E-state index contributed by atoms with van der Waals surface area (Å²) in [6.07, 6.45) is 0.749. The molecule has 8 heteroatoms. The summed E-state index contributed by atoms with van der Waals surface area (Å²) in [6, 6.07) is 3.02. The minimum atomic E-state index is -0.636. The SMILES string of the molecule is Cc1noc([C@@H](C)OC(=O)[C@@H]2CCCN2C(=O)c2cccs2)n1. The molecule has 0 N–H and O–H groups in total. The molecule has 2 aromatic heterocycles. The number of esters is 1. The Labute approximate surface area is 137 Å². The van der Waals surface area contributed by atoms with Crippen LogP contribution in [-0.2, 0) is 9.53 Å². The number of ether oxygens (including phenoxy) is 1. The fourth-order valence-electron chi connectivity index (χ4n) is 2.58. The van der Waals surface area contributed by atoms with E-state index < -0.39 is 18.1 Å². The fourth-order valence-corrected chi connectivity index (χ4v) is 3.26. The third-order valence-electron chi connectivity index (χ3n) is 3.70.